The summed E-state index contributed by atoms with van der Waals surface area (Å²) in [4.78, 5) is 2.04. The Kier molecular flexibility index (Phi) is 4.90. The summed E-state index contributed by atoms with van der Waals surface area (Å²) in [5.74, 6) is -0.207. The highest BCUT2D eigenvalue weighted by Gasteiger charge is 2.13. The Labute approximate surface area is 102 Å². The van der Waals surface area contributed by atoms with E-state index in [0.717, 1.165) is 17.8 Å². The maximum Gasteiger partial charge on any atom is 0.126 e. The summed E-state index contributed by atoms with van der Waals surface area (Å²) < 4.78 is 18.6. The van der Waals surface area contributed by atoms with Crippen LogP contribution in [0.15, 0.2) is 12.1 Å². The van der Waals surface area contributed by atoms with Gasteiger partial charge in [-0.05, 0) is 37.1 Å². The van der Waals surface area contributed by atoms with Gasteiger partial charge in [0, 0.05) is 32.4 Å². The van der Waals surface area contributed by atoms with Gasteiger partial charge in [-0.1, -0.05) is 0 Å². The zero-order valence-electron chi connectivity index (χ0n) is 11.0. The van der Waals surface area contributed by atoms with Crippen LogP contribution in [0, 0.1) is 12.7 Å². The second kappa shape index (κ2) is 5.98. The summed E-state index contributed by atoms with van der Waals surface area (Å²) in [5, 5.41) is 0. The van der Waals surface area contributed by atoms with Crippen LogP contribution in [0.2, 0.25) is 0 Å². The van der Waals surface area contributed by atoms with E-state index in [-0.39, 0.29) is 11.9 Å². The quantitative estimate of drug-likeness (QED) is 0.857. The van der Waals surface area contributed by atoms with E-state index in [1.54, 1.807) is 14.0 Å². The lowest BCUT2D eigenvalue weighted by molar-refractivity contribution is 0.206. The number of anilines is 1. The Morgan fingerprint density at radius 1 is 1.47 bits per heavy atom. The number of aryl methyl sites for hydroxylation is 1. The molecule has 0 fully saturated rings. The summed E-state index contributed by atoms with van der Waals surface area (Å²) in [6.07, 6.45) is 0. The summed E-state index contributed by atoms with van der Waals surface area (Å²) in [6, 6.07) is 3.17. The number of halogens is 1. The van der Waals surface area contributed by atoms with Crippen LogP contribution in [0.4, 0.5) is 10.1 Å². The second-order valence-corrected chi connectivity index (χ2v) is 4.36. The number of nitrogens with zero attached hydrogens (tertiary/aromatic N) is 1. The fraction of sp³-hybridized carbons (Fsp3) is 0.538. The Balaban J connectivity index is 3.07. The smallest absolute Gasteiger partial charge is 0.126 e. The van der Waals surface area contributed by atoms with Crippen molar-refractivity contribution in [1.29, 1.82) is 0 Å². The normalized spacial score (nSPS) is 12.6. The van der Waals surface area contributed by atoms with Crippen LogP contribution in [0.1, 0.15) is 24.1 Å². The molecule has 0 saturated carbocycles. The van der Waals surface area contributed by atoms with Crippen molar-refractivity contribution in [3.05, 3.63) is 29.1 Å². The van der Waals surface area contributed by atoms with Gasteiger partial charge in [0.05, 0.1) is 6.61 Å². The van der Waals surface area contributed by atoms with E-state index in [4.69, 9.17) is 10.5 Å². The van der Waals surface area contributed by atoms with Crippen molar-refractivity contribution in [3.8, 4) is 0 Å². The number of hydrogen-bond donors (Lipinski definition) is 1. The van der Waals surface area contributed by atoms with E-state index in [1.165, 1.54) is 6.07 Å². The molecular weight excluding hydrogens is 219 g/mol. The number of nitrogens with two attached hydrogens (primary N) is 1. The minimum Gasteiger partial charge on any atom is -0.383 e. The standard InChI is InChI=1S/C13H21FN2O/c1-9-7-13(16(3)5-6-17-4)11(10(2)15)8-12(9)14/h7-8,10H,5-6,15H2,1-4H3/t10-/m0/s1. The number of rotatable bonds is 5. The zero-order chi connectivity index (χ0) is 13.0. The first-order valence-corrected chi connectivity index (χ1v) is 5.73. The number of ether oxygens (including phenoxy) is 1. The lowest BCUT2D eigenvalue weighted by Gasteiger charge is -2.24. The Bertz CT molecular complexity index is 380. The van der Waals surface area contributed by atoms with Gasteiger partial charge in [-0.25, -0.2) is 4.39 Å². The van der Waals surface area contributed by atoms with E-state index in [2.05, 4.69) is 0 Å². The van der Waals surface area contributed by atoms with Gasteiger partial charge in [0.25, 0.3) is 0 Å². The molecule has 1 rings (SSSR count). The lowest BCUT2D eigenvalue weighted by atomic mass is 10.0. The van der Waals surface area contributed by atoms with Gasteiger partial charge in [-0.15, -0.1) is 0 Å². The van der Waals surface area contributed by atoms with E-state index in [1.807, 2.05) is 24.9 Å². The van der Waals surface area contributed by atoms with Crippen molar-refractivity contribution in [2.24, 2.45) is 5.73 Å². The monoisotopic (exact) mass is 240 g/mol. The number of hydrogen-bond acceptors (Lipinski definition) is 3. The molecule has 0 aromatic heterocycles. The molecule has 0 heterocycles. The topological polar surface area (TPSA) is 38.5 Å². The molecule has 0 amide bonds. The van der Waals surface area contributed by atoms with Crippen LogP contribution in [0.25, 0.3) is 0 Å². The highest BCUT2D eigenvalue weighted by molar-refractivity contribution is 5.56. The fourth-order valence-corrected chi connectivity index (χ4v) is 1.73. The van der Waals surface area contributed by atoms with Crippen LogP contribution in [-0.2, 0) is 4.74 Å². The molecule has 4 heteroatoms. The maximum atomic E-state index is 13.5. The summed E-state index contributed by atoms with van der Waals surface area (Å²) >= 11 is 0. The Hall–Kier alpha value is -1.13. The van der Waals surface area contributed by atoms with Gasteiger partial charge in [-0.2, -0.15) is 0 Å². The van der Waals surface area contributed by atoms with Crippen molar-refractivity contribution in [1.82, 2.24) is 0 Å². The molecule has 17 heavy (non-hydrogen) atoms. The Morgan fingerprint density at radius 3 is 2.65 bits per heavy atom. The highest BCUT2D eigenvalue weighted by atomic mass is 19.1. The number of likely N-dealkylation sites (N-methyl/N-ethyl adjacent to an activating group) is 1. The first-order valence-electron chi connectivity index (χ1n) is 5.73. The van der Waals surface area contributed by atoms with Crippen LogP contribution in [0.5, 0.6) is 0 Å². The van der Waals surface area contributed by atoms with E-state index in [0.29, 0.717) is 12.2 Å². The Morgan fingerprint density at radius 2 is 2.12 bits per heavy atom. The summed E-state index contributed by atoms with van der Waals surface area (Å²) in [6.45, 7) is 5.00. The van der Waals surface area contributed by atoms with E-state index >= 15 is 0 Å². The molecule has 0 bridgehead atoms. The second-order valence-electron chi connectivity index (χ2n) is 4.36. The molecule has 1 aromatic rings. The van der Waals surface area contributed by atoms with E-state index < -0.39 is 0 Å². The van der Waals surface area contributed by atoms with Crippen LogP contribution < -0.4 is 10.6 Å². The molecule has 2 N–H and O–H groups in total. The van der Waals surface area contributed by atoms with Gasteiger partial charge >= 0.3 is 0 Å². The molecule has 0 aliphatic carbocycles. The van der Waals surface area contributed by atoms with Crippen molar-refractivity contribution in [3.63, 3.8) is 0 Å². The first kappa shape index (κ1) is 13.9. The number of benzene rings is 1. The van der Waals surface area contributed by atoms with Crippen molar-refractivity contribution >= 4 is 5.69 Å². The van der Waals surface area contributed by atoms with Crippen molar-refractivity contribution in [2.75, 3.05) is 32.2 Å². The minimum atomic E-state index is -0.207. The summed E-state index contributed by atoms with van der Waals surface area (Å²) in [7, 11) is 3.62. The van der Waals surface area contributed by atoms with Gasteiger partial charge in [0.1, 0.15) is 5.82 Å². The average molecular weight is 240 g/mol. The minimum absolute atomic E-state index is 0.190. The van der Waals surface area contributed by atoms with Gasteiger partial charge < -0.3 is 15.4 Å². The van der Waals surface area contributed by atoms with Gasteiger partial charge in [0.2, 0.25) is 0 Å². The van der Waals surface area contributed by atoms with Crippen LogP contribution >= 0.6 is 0 Å². The first-order chi connectivity index (χ1) is 7.97. The molecule has 0 aliphatic rings. The predicted molar refractivity (Wildman–Crippen MR) is 68.9 cm³/mol. The molecule has 3 nitrogen and oxygen atoms in total. The SMILES string of the molecule is COCCN(C)c1cc(C)c(F)cc1[C@H](C)N. The summed E-state index contributed by atoms with van der Waals surface area (Å²) in [5.41, 5.74) is 8.30. The molecule has 1 aromatic carbocycles. The molecule has 96 valence electrons. The molecule has 0 unspecified atom stereocenters. The van der Waals surface area contributed by atoms with Gasteiger partial charge in [0.15, 0.2) is 0 Å². The predicted octanol–water partition coefficient (Wildman–Crippen LogP) is 2.24. The zero-order valence-corrected chi connectivity index (χ0v) is 11.0. The molecule has 1 atom stereocenters. The lowest BCUT2D eigenvalue weighted by Crippen LogP contribution is -2.25. The molecule has 0 radical (unpaired) electrons. The van der Waals surface area contributed by atoms with Crippen molar-refractivity contribution in [2.45, 2.75) is 19.9 Å². The largest absolute Gasteiger partial charge is 0.383 e. The highest BCUT2D eigenvalue weighted by Crippen LogP contribution is 2.27. The average Bonchev–Trinajstić information content (AvgIpc) is 2.28. The molecule has 0 saturated heterocycles. The maximum absolute atomic E-state index is 13.5. The third-order valence-corrected chi connectivity index (χ3v) is 2.84. The molecule has 0 aliphatic heterocycles. The number of methoxy groups -OCH3 is 1. The van der Waals surface area contributed by atoms with Crippen LogP contribution in [0.3, 0.4) is 0 Å². The van der Waals surface area contributed by atoms with Gasteiger partial charge in [-0.3, -0.25) is 0 Å². The fourth-order valence-electron chi connectivity index (χ4n) is 1.73. The molecule has 0 spiro atoms. The molecular formula is C13H21FN2O. The van der Waals surface area contributed by atoms with Crippen molar-refractivity contribution < 1.29 is 9.13 Å². The third-order valence-electron chi connectivity index (χ3n) is 2.84. The van der Waals surface area contributed by atoms with Crippen LogP contribution in [-0.4, -0.2) is 27.3 Å². The van der Waals surface area contributed by atoms with E-state index in [9.17, 15) is 4.39 Å². The third kappa shape index (κ3) is 3.41.